The van der Waals surface area contributed by atoms with Crippen LogP contribution in [0.1, 0.15) is 27.9 Å². The number of ether oxygens (including phenoxy) is 1. The maximum Gasteiger partial charge on any atom is 0.407 e. The second-order valence-electron chi connectivity index (χ2n) is 4.98. The number of carbonyl (C=O) groups is 2. The molecule has 5 nitrogen and oxygen atoms in total. The first-order valence-electron chi connectivity index (χ1n) is 7.48. The monoisotopic (exact) mass is 322 g/mol. The van der Waals surface area contributed by atoms with Crippen LogP contribution in [0, 0.1) is 11.8 Å². The van der Waals surface area contributed by atoms with Gasteiger partial charge in [0.1, 0.15) is 6.61 Å². The molecule has 5 heteroatoms. The number of nitrogens with one attached hydrogen (secondary N) is 1. The second-order valence-corrected chi connectivity index (χ2v) is 4.98. The zero-order valence-corrected chi connectivity index (χ0v) is 13.1. The third kappa shape index (κ3) is 5.85. The number of primary amides is 1. The first kappa shape index (κ1) is 17.1. The number of rotatable bonds is 5. The first-order valence-corrected chi connectivity index (χ1v) is 7.48. The van der Waals surface area contributed by atoms with Gasteiger partial charge in [-0.3, -0.25) is 4.79 Å². The van der Waals surface area contributed by atoms with E-state index in [1.54, 1.807) is 24.3 Å². The van der Waals surface area contributed by atoms with Gasteiger partial charge in [-0.15, -0.1) is 0 Å². The third-order valence-electron chi connectivity index (χ3n) is 3.13. The van der Waals surface area contributed by atoms with E-state index in [-0.39, 0.29) is 6.61 Å². The van der Waals surface area contributed by atoms with Crippen LogP contribution in [0.15, 0.2) is 54.6 Å². The quantitative estimate of drug-likeness (QED) is 0.655. The summed E-state index contributed by atoms with van der Waals surface area (Å²) in [4.78, 5) is 22.5. The summed E-state index contributed by atoms with van der Waals surface area (Å²) in [5.74, 6) is 5.43. The molecule has 2 aromatic carbocycles. The van der Waals surface area contributed by atoms with Gasteiger partial charge in [0.15, 0.2) is 0 Å². The van der Waals surface area contributed by atoms with E-state index < -0.39 is 12.0 Å². The molecule has 24 heavy (non-hydrogen) atoms. The Morgan fingerprint density at radius 3 is 2.42 bits per heavy atom. The molecule has 0 bridgehead atoms. The molecule has 0 aliphatic rings. The summed E-state index contributed by atoms with van der Waals surface area (Å²) in [5.41, 5.74) is 7.33. The topological polar surface area (TPSA) is 81.4 Å². The van der Waals surface area contributed by atoms with Gasteiger partial charge >= 0.3 is 6.09 Å². The van der Waals surface area contributed by atoms with Crippen molar-refractivity contribution in [3.05, 3.63) is 71.3 Å². The minimum Gasteiger partial charge on any atom is -0.445 e. The Bertz CT molecular complexity index is 744. The van der Waals surface area contributed by atoms with Gasteiger partial charge in [-0.1, -0.05) is 42.2 Å². The SMILES string of the molecule is NC(=O)c1ccc(C#CCCNC(=O)OCc2ccccc2)cc1. The van der Waals surface area contributed by atoms with Crippen molar-refractivity contribution in [3.8, 4) is 11.8 Å². The fourth-order valence-electron chi connectivity index (χ4n) is 1.88. The smallest absolute Gasteiger partial charge is 0.407 e. The molecule has 0 saturated heterocycles. The molecule has 2 aromatic rings. The van der Waals surface area contributed by atoms with Crippen molar-refractivity contribution in [1.82, 2.24) is 5.32 Å². The standard InChI is InChI=1S/C19H18N2O3/c20-18(22)17-11-9-15(10-12-17)6-4-5-13-21-19(23)24-14-16-7-2-1-3-8-16/h1-3,7-12H,5,13-14H2,(H2,20,22)(H,21,23). The lowest BCUT2D eigenvalue weighted by Gasteiger charge is -2.05. The molecule has 0 heterocycles. The summed E-state index contributed by atoms with van der Waals surface area (Å²) in [6.07, 6.45) is 0.0318. The van der Waals surface area contributed by atoms with Crippen molar-refractivity contribution in [3.63, 3.8) is 0 Å². The molecule has 0 unspecified atom stereocenters. The highest BCUT2D eigenvalue weighted by Crippen LogP contribution is 2.02. The molecule has 0 spiro atoms. The summed E-state index contributed by atoms with van der Waals surface area (Å²) >= 11 is 0. The number of amides is 2. The van der Waals surface area contributed by atoms with Crippen LogP contribution in [0.3, 0.4) is 0 Å². The summed E-state index contributed by atoms with van der Waals surface area (Å²) in [5, 5.41) is 2.64. The van der Waals surface area contributed by atoms with E-state index in [0.29, 0.717) is 18.5 Å². The number of alkyl carbamates (subject to hydrolysis) is 1. The van der Waals surface area contributed by atoms with Crippen LogP contribution in [0.2, 0.25) is 0 Å². The lowest BCUT2D eigenvalue weighted by atomic mass is 10.1. The molecule has 3 N–H and O–H groups in total. The van der Waals surface area contributed by atoms with Crippen LogP contribution >= 0.6 is 0 Å². The first-order chi connectivity index (χ1) is 11.6. The number of hydrogen-bond donors (Lipinski definition) is 2. The van der Waals surface area contributed by atoms with E-state index >= 15 is 0 Å². The maximum absolute atomic E-state index is 11.5. The predicted octanol–water partition coefficient (Wildman–Crippen LogP) is 2.45. The van der Waals surface area contributed by atoms with E-state index in [9.17, 15) is 9.59 Å². The molecular formula is C19H18N2O3. The Kier molecular flexibility index (Phi) is 6.42. The molecule has 0 saturated carbocycles. The lowest BCUT2D eigenvalue weighted by molar-refractivity contribution is 0.1000. The van der Waals surface area contributed by atoms with Crippen molar-refractivity contribution < 1.29 is 14.3 Å². The highest BCUT2D eigenvalue weighted by Gasteiger charge is 2.01. The minimum atomic E-state index is -0.466. The van der Waals surface area contributed by atoms with Crippen LogP contribution < -0.4 is 11.1 Å². The Morgan fingerprint density at radius 1 is 1.04 bits per heavy atom. The zero-order chi connectivity index (χ0) is 17.2. The van der Waals surface area contributed by atoms with Gasteiger partial charge in [0.2, 0.25) is 5.91 Å². The number of carbonyl (C=O) groups excluding carboxylic acids is 2. The van der Waals surface area contributed by atoms with Crippen LogP contribution in [-0.4, -0.2) is 18.5 Å². The fourth-order valence-corrected chi connectivity index (χ4v) is 1.88. The second kappa shape index (κ2) is 9.01. The summed E-state index contributed by atoms with van der Waals surface area (Å²) in [6.45, 7) is 0.643. The number of hydrogen-bond acceptors (Lipinski definition) is 3. The highest BCUT2D eigenvalue weighted by molar-refractivity contribution is 5.92. The maximum atomic E-state index is 11.5. The van der Waals surface area contributed by atoms with Crippen LogP contribution in [-0.2, 0) is 11.3 Å². The van der Waals surface area contributed by atoms with Crippen LogP contribution in [0.5, 0.6) is 0 Å². The molecule has 0 atom stereocenters. The van der Waals surface area contributed by atoms with Crippen molar-refractivity contribution in [2.24, 2.45) is 5.73 Å². The number of benzene rings is 2. The Hall–Kier alpha value is -3.26. The van der Waals surface area contributed by atoms with E-state index in [1.807, 2.05) is 30.3 Å². The van der Waals surface area contributed by atoms with Crippen LogP contribution in [0.25, 0.3) is 0 Å². The fraction of sp³-hybridized carbons (Fsp3) is 0.158. The van der Waals surface area contributed by atoms with Crippen molar-refractivity contribution in [2.45, 2.75) is 13.0 Å². The largest absolute Gasteiger partial charge is 0.445 e. The Labute approximate surface area is 140 Å². The Morgan fingerprint density at radius 2 is 1.75 bits per heavy atom. The predicted molar refractivity (Wildman–Crippen MR) is 91.1 cm³/mol. The minimum absolute atomic E-state index is 0.241. The van der Waals surface area contributed by atoms with Gasteiger partial charge < -0.3 is 15.8 Å². The third-order valence-corrected chi connectivity index (χ3v) is 3.13. The molecule has 0 aliphatic carbocycles. The van der Waals surface area contributed by atoms with Crippen molar-refractivity contribution in [2.75, 3.05) is 6.54 Å². The van der Waals surface area contributed by atoms with E-state index in [2.05, 4.69) is 17.2 Å². The van der Waals surface area contributed by atoms with Gasteiger partial charge in [-0.2, -0.15) is 0 Å². The lowest BCUT2D eigenvalue weighted by Crippen LogP contribution is -2.24. The van der Waals surface area contributed by atoms with E-state index in [0.717, 1.165) is 11.1 Å². The molecule has 0 aliphatic heterocycles. The molecular weight excluding hydrogens is 304 g/mol. The molecule has 122 valence electrons. The van der Waals surface area contributed by atoms with Gasteiger partial charge in [-0.25, -0.2) is 4.79 Å². The zero-order valence-electron chi connectivity index (χ0n) is 13.1. The summed E-state index contributed by atoms with van der Waals surface area (Å²) in [6, 6.07) is 16.2. The number of nitrogens with two attached hydrogens (primary N) is 1. The van der Waals surface area contributed by atoms with Crippen molar-refractivity contribution in [1.29, 1.82) is 0 Å². The van der Waals surface area contributed by atoms with E-state index in [4.69, 9.17) is 10.5 Å². The molecule has 0 aromatic heterocycles. The Balaban J connectivity index is 1.67. The van der Waals surface area contributed by atoms with Crippen LogP contribution in [0.4, 0.5) is 4.79 Å². The summed E-state index contributed by atoms with van der Waals surface area (Å²) in [7, 11) is 0. The average molecular weight is 322 g/mol. The molecule has 2 amide bonds. The van der Waals surface area contributed by atoms with E-state index in [1.165, 1.54) is 0 Å². The van der Waals surface area contributed by atoms with Gasteiger partial charge in [0.05, 0.1) is 0 Å². The molecule has 0 radical (unpaired) electrons. The van der Waals surface area contributed by atoms with Crippen molar-refractivity contribution >= 4 is 12.0 Å². The van der Waals surface area contributed by atoms with Gasteiger partial charge in [0, 0.05) is 24.1 Å². The molecule has 2 rings (SSSR count). The van der Waals surface area contributed by atoms with Gasteiger partial charge in [-0.05, 0) is 29.8 Å². The van der Waals surface area contributed by atoms with Gasteiger partial charge in [0.25, 0.3) is 0 Å². The normalized spacial score (nSPS) is 9.50. The highest BCUT2D eigenvalue weighted by atomic mass is 16.5. The summed E-state index contributed by atoms with van der Waals surface area (Å²) < 4.78 is 5.09. The molecule has 0 fully saturated rings. The average Bonchev–Trinajstić information content (AvgIpc) is 2.61.